The molecule has 0 spiro atoms. The molecule has 3 aromatic rings. The highest BCUT2D eigenvalue weighted by Gasteiger charge is 2.23. The maximum atomic E-state index is 13.7. The summed E-state index contributed by atoms with van der Waals surface area (Å²) in [7, 11) is 0. The minimum Gasteiger partial charge on any atom is -0.492 e. The van der Waals surface area contributed by atoms with Gasteiger partial charge in [-0.05, 0) is 36.8 Å². The van der Waals surface area contributed by atoms with E-state index in [-0.39, 0.29) is 5.91 Å². The van der Waals surface area contributed by atoms with Gasteiger partial charge in [0.2, 0.25) is 0 Å². The van der Waals surface area contributed by atoms with Crippen molar-refractivity contribution in [3.63, 3.8) is 0 Å². The van der Waals surface area contributed by atoms with Crippen molar-refractivity contribution in [2.45, 2.75) is 47.5 Å². The van der Waals surface area contributed by atoms with Crippen LogP contribution in [0.15, 0.2) is 54.6 Å². The molecule has 0 aliphatic carbocycles. The average molecular weight is 417 g/mol. The molecule has 0 saturated heterocycles. The standard InChI is InChI=1S/C27H32N2O2/c1-6-20-14-11-15-21(7-2)25(20)29-27(30)24-23(31-17-18(3)4)16-19(5)28-26(24)22-12-9-8-10-13-22/h8-16,18H,6-7,17H2,1-5H3,(H,29,30). The van der Waals surface area contributed by atoms with Gasteiger partial charge in [0.05, 0.1) is 12.3 Å². The number of benzene rings is 2. The Bertz CT molecular complexity index is 1020. The zero-order valence-electron chi connectivity index (χ0n) is 19.2. The van der Waals surface area contributed by atoms with E-state index in [0.29, 0.717) is 29.5 Å². The molecule has 0 radical (unpaired) electrons. The third-order valence-corrected chi connectivity index (χ3v) is 5.20. The predicted molar refractivity (Wildman–Crippen MR) is 128 cm³/mol. The third kappa shape index (κ3) is 5.32. The predicted octanol–water partition coefficient (Wildman–Crippen LogP) is 6.47. The Morgan fingerprint density at radius 1 is 1.00 bits per heavy atom. The van der Waals surface area contributed by atoms with E-state index < -0.39 is 0 Å². The Morgan fingerprint density at radius 2 is 1.65 bits per heavy atom. The number of carbonyl (C=O) groups is 1. The maximum Gasteiger partial charge on any atom is 0.261 e. The normalized spacial score (nSPS) is 10.9. The molecule has 162 valence electrons. The molecule has 1 aromatic heterocycles. The Morgan fingerprint density at radius 3 is 2.23 bits per heavy atom. The summed E-state index contributed by atoms with van der Waals surface area (Å²) in [5.41, 5.74) is 5.97. The van der Waals surface area contributed by atoms with Crippen LogP contribution in [0.3, 0.4) is 0 Å². The molecule has 0 aliphatic rings. The summed E-state index contributed by atoms with van der Waals surface area (Å²) in [5.74, 6) is 0.724. The second-order valence-electron chi connectivity index (χ2n) is 8.17. The third-order valence-electron chi connectivity index (χ3n) is 5.20. The number of carbonyl (C=O) groups excluding carboxylic acids is 1. The first-order valence-corrected chi connectivity index (χ1v) is 11.1. The van der Waals surface area contributed by atoms with E-state index in [9.17, 15) is 4.79 Å². The molecule has 1 amide bonds. The number of amides is 1. The first kappa shape index (κ1) is 22.5. The van der Waals surface area contributed by atoms with Crippen molar-refractivity contribution < 1.29 is 9.53 Å². The minimum absolute atomic E-state index is 0.194. The molecule has 4 nitrogen and oxygen atoms in total. The molecule has 1 heterocycles. The number of anilines is 1. The van der Waals surface area contributed by atoms with Gasteiger partial charge in [0, 0.05) is 23.0 Å². The molecule has 0 bridgehead atoms. The van der Waals surface area contributed by atoms with E-state index in [2.05, 4.69) is 45.1 Å². The Balaban J connectivity index is 2.13. The smallest absolute Gasteiger partial charge is 0.261 e. The molecule has 0 atom stereocenters. The summed E-state index contributed by atoms with van der Waals surface area (Å²) in [4.78, 5) is 18.4. The second-order valence-corrected chi connectivity index (χ2v) is 8.17. The Hall–Kier alpha value is -3.14. The minimum atomic E-state index is -0.194. The summed E-state index contributed by atoms with van der Waals surface area (Å²) in [6, 6.07) is 17.9. The number of nitrogens with zero attached hydrogens (tertiary/aromatic N) is 1. The van der Waals surface area contributed by atoms with Crippen LogP contribution in [0.4, 0.5) is 5.69 Å². The SMILES string of the molecule is CCc1cccc(CC)c1NC(=O)c1c(OCC(C)C)cc(C)nc1-c1ccccc1. The van der Waals surface area contributed by atoms with Crippen molar-refractivity contribution in [1.29, 1.82) is 0 Å². The number of ether oxygens (including phenoxy) is 1. The molecule has 0 fully saturated rings. The molecule has 3 rings (SSSR count). The zero-order chi connectivity index (χ0) is 22.4. The monoisotopic (exact) mass is 416 g/mol. The molecule has 4 heteroatoms. The van der Waals surface area contributed by atoms with Crippen molar-refractivity contribution in [2.24, 2.45) is 5.92 Å². The molecule has 0 saturated carbocycles. The van der Waals surface area contributed by atoms with Gasteiger partial charge in [0.25, 0.3) is 5.91 Å². The second kappa shape index (κ2) is 10.3. The fraction of sp³-hybridized carbons (Fsp3) is 0.333. The lowest BCUT2D eigenvalue weighted by atomic mass is 10.0. The lowest BCUT2D eigenvalue weighted by molar-refractivity contribution is 0.102. The average Bonchev–Trinajstić information content (AvgIpc) is 2.77. The number of pyridine rings is 1. The van der Waals surface area contributed by atoms with Crippen molar-refractivity contribution in [3.8, 4) is 17.0 Å². The highest BCUT2D eigenvalue weighted by atomic mass is 16.5. The Labute approximate surface area is 185 Å². The quantitative estimate of drug-likeness (QED) is 0.458. The summed E-state index contributed by atoms with van der Waals surface area (Å²) >= 11 is 0. The van der Waals surface area contributed by atoms with Crippen molar-refractivity contribution in [1.82, 2.24) is 4.98 Å². The number of hydrogen-bond acceptors (Lipinski definition) is 3. The van der Waals surface area contributed by atoms with E-state index in [0.717, 1.165) is 40.9 Å². The van der Waals surface area contributed by atoms with Gasteiger partial charge < -0.3 is 10.1 Å². The lowest BCUT2D eigenvalue weighted by Gasteiger charge is -2.19. The van der Waals surface area contributed by atoms with Crippen molar-refractivity contribution >= 4 is 11.6 Å². The van der Waals surface area contributed by atoms with Gasteiger partial charge in [0.15, 0.2) is 0 Å². The summed E-state index contributed by atoms with van der Waals surface area (Å²) in [6.45, 7) is 10.9. The van der Waals surface area contributed by atoms with Gasteiger partial charge in [-0.3, -0.25) is 9.78 Å². The highest BCUT2D eigenvalue weighted by molar-refractivity contribution is 6.10. The van der Waals surface area contributed by atoms with Gasteiger partial charge in [-0.2, -0.15) is 0 Å². The van der Waals surface area contributed by atoms with Gasteiger partial charge in [0.1, 0.15) is 11.3 Å². The maximum absolute atomic E-state index is 13.7. The van der Waals surface area contributed by atoms with Gasteiger partial charge >= 0.3 is 0 Å². The number of para-hydroxylation sites is 1. The first-order chi connectivity index (χ1) is 14.9. The molecule has 31 heavy (non-hydrogen) atoms. The Kier molecular flexibility index (Phi) is 7.45. The van der Waals surface area contributed by atoms with Crippen LogP contribution in [0.2, 0.25) is 0 Å². The fourth-order valence-corrected chi connectivity index (χ4v) is 3.62. The molecule has 2 aromatic carbocycles. The summed E-state index contributed by atoms with van der Waals surface area (Å²) in [5, 5.41) is 3.20. The van der Waals surface area contributed by atoms with Crippen LogP contribution in [0.1, 0.15) is 54.9 Å². The molecular weight excluding hydrogens is 384 g/mol. The molecule has 1 N–H and O–H groups in total. The highest BCUT2D eigenvalue weighted by Crippen LogP contribution is 2.32. The van der Waals surface area contributed by atoms with E-state index in [1.54, 1.807) is 0 Å². The summed E-state index contributed by atoms with van der Waals surface area (Å²) < 4.78 is 6.11. The lowest BCUT2D eigenvalue weighted by Crippen LogP contribution is -2.19. The number of nitrogens with one attached hydrogen (secondary N) is 1. The largest absolute Gasteiger partial charge is 0.492 e. The van der Waals surface area contributed by atoms with Gasteiger partial charge in [-0.25, -0.2) is 0 Å². The van der Waals surface area contributed by atoms with Crippen LogP contribution < -0.4 is 10.1 Å². The number of aryl methyl sites for hydroxylation is 3. The number of aromatic nitrogens is 1. The van der Waals surface area contributed by atoms with Crippen LogP contribution in [0.25, 0.3) is 11.3 Å². The molecular formula is C27H32N2O2. The summed E-state index contributed by atoms with van der Waals surface area (Å²) in [6.07, 6.45) is 1.69. The topological polar surface area (TPSA) is 51.2 Å². The van der Waals surface area contributed by atoms with Gasteiger partial charge in [-0.1, -0.05) is 76.2 Å². The fourth-order valence-electron chi connectivity index (χ4n) is 3.62. The van der Waals surface area contributed by atoms with Crippen LogP contribution in [-0.4, -0.2) is 17.5 Å². The molecule has 0 unspecified atom stereocenters. The van der Waals surface area contributed by atoms with Crippen molar-refractivity contribution in [2.75, 3.05) is 11.9 Å². The zero-order valence-corrected chi connectivity index (χ0v) is 19.2. The first-order valence-electron chi connectivity index (χ1n) is 11.1. The van der Waals surface area contributed by atoms with Crippen LogP contribution >= 0.6 is 0 Å². The van der Waals surface area contributed by atoms with Gasteiger partial charge in [-0.15, -0.1) is 0 Å². The van der Waals surface area contributed by atoms with Crippen LogP contribution in [0.5, 0.6) is 5.75 Å². The van der Waals surface area contributed by atoms with E-state index >= 15 is 0 Å². The van der Waals surface area contributed by atoms with Crippen LogP contribution in [0, 0.1) is 12.8 Å². The van der Waals surface area contributed by atoms with Crippen molar-refractivity contribution in [3.05, 3.63) is 77.0 Å². The number of rotatable bonds is 8. The van der Waals surface area contributed by atoms with E-state index in [1.807, 2.05) is 49.4 Å². The van der Waals surface area contributed by atoms with E-state index in [4.69, 9.17) is 9.72 Å². The molecule has 0 aliphatic heterocycles. The number of hydrogen-bond donors (Lipinski definition) is 1. The van der Waals surface area contributed by atoms with E-state index in [1.165, 1.54) is 0 Å². The van der Waals surface area contributed by atoms with Crippen LogP contribution in [-0.2, 0) is 12.8 Å².